The first-order valence-electron chi connectivity index (χ1n) is 8.60. The molecule has 0 radical (unpaired) electrons. The van der Waals surface area contributed by atoms with Crippen molar-refractivity contribution in [2.45, 2.75) is 32.9 Å². The number of aromatic hydroxyl groups is 2. The predicted octanol–water partition coefficient (Wildman–Crippen LogP) is 3.73. The summed E-state index contributed by atoms with van der Waals surface area (Å²) in [5.41, 5.74) is 3.31. The molecule has 0 spiro atoms. The highest BCUT2D eigenvalue weighted by Gasteiger charge is 2.32. The minimum absolute atomic E-state index is 0.0560. The number of rotatable bonds is 3. The Morgan fingerprint density at radius 3 is 2.56 bits per heavy atom. The molecule has 132 valence electrons. The summed E-state index contributed by atoms with van der Waals surface area (Å²) in [6.45, 7) is 5.78. The lowest BCUT2D eigenvalue weighted by Crippen LogP contribution is -2.46. The average Bonchev–Trinajstić information content (AvgIpc) is 2.60. The fourth-order valence-electron chi connectivity index (χ4n) is 3.50. The molecule has 0 aliphatic carbocycles. The van der Waals surface area contributed by atoms with Gasteiger partial charge in [-0.1, -0.05) is 44.2 Å². The quantitative estimate of drug-likeness (QED) is 0.578. The molecule has 5 heteroatoms. The molecule has 0 aromatic heterocycles. The highest BCUT2D eigenvalue weighted by atomic mass is 32.1. The van der Waals surface area contributed by atoms with Crippen LogP contribution < -0.4 is 5.32 Å². The van der Waals surface area contributed by atoms with Crippen LogP contribution in [0.4, 0.5) is 0 Å². The summed E-state index contributed by atoms with van der Waals surface area (Å²) >= 11 is 5.66. The fraction of sp³-hybridized carbons (Fsp3) is 0.350. The topological polar surface area (TPSA) is 55.7 Å². The molecule has 1 atom stereocenters. The lowest BCUT2D eigenvalue weighted by atomic mass is 9.86. The summed E-state index contributed by atoms with van der Waals surface area (Å²) in [5, 5.41) is 23.8. The second kappa shape index (κ2) is 7.31. The first-order valence-corrected chi connectivity index (χ1v) is 9.01. The van der Waals surface area contributed by atoms with Crippen LogP contribution in [-0.2, 0) is 13.0 Å². The molecule has 0 saturated carbocycles. The first kappa shape index (κ1) is 17.5. The van der Waals surface area contributed by atoms with Crippen molar-refractivity contribution in [3.8, 4) is 11.5 Å². The molecule has 2 aromatic rings. The third-order valence-corrected chi connectivity index (χ3v) is 5.07. The van der Waals surface area contributed by atoms with E-state index in [-0.39, 0.29) is 17.5 Å². The van der Waals surface area contributed by atoms with Gasteiger partial charge in [-0.25, -0.2) is 0 Å². The zero-order valence-electron chi connectivity index (χ0n) is 14.6. The Balaban J connectivity index is 1.81. The van der Waals surface area contributed by atoms with E-state index in [1.54, 1.807) is 12.1 Å². The number of nitrogens with zero attached hydrogens (tertiary/aromatic N) is 1. The summed E-state index contributed by atoms with van der Waals surface area (Å²) in [7, 11) is 0. The van der Waals surface area contributed by atoms with Crippen LogP contribution in [0, 0.1) is 5.92 Å². The molecule has 4 nitrogen and oxygen atoms in total. The van der Waals surface area contributed by atoms with Crippen LogP contribution in [0.15, 0.2) is 42.5 Å². The van der Waals surface area contributed by atoms with E-state index in [4.69, 9.17) is 12.2 Å². The maximum atomic E-state index is 9.93. The molecule has 2 aromatic carbocycles. The monoisotopic (exact) mass is 356 g/mol. The Hall–Kier alpha value is -2.27. The van der Waals surface area contributed by atoms with Crippen LogP contribution in [-0.4, -0.2) is 26.8 Å². The van der Waals surface area contributed by atoms with Gasteiger partial charge in [-0.2, -0.15) is 0 Å². The van der Waals surface area contributed by atoms with Crippen molar-refractivity contribution in [1.29, 1.82) is 0 Å². The Kier molecular flexibility index (Phi) is 5.13. The Morgan fingerprint density at radius 2 is 1.88 bits per heavy atom. The lowest BCUT2D eigenvalue weighted by Gasteiger charge is -2.41. The van der Waals surface area contributed by atoms with E-state index in [1.165, 1.54) is 5.56 Å². The fourth-order valence-corrected chi connectivity index (χ4v) is 3.77. The van der Waals surface area contributed by atoms with E-state index in [0.717, 1.165) is 29.2 Å². The number of hydrogen-bond acceptors (Lipinski definition) is 3. The van der Waals surface area contributed by atoms with Crippen LogP contribution in [0.3, 0.4) is 0 Å². The zero-order chi connectivity index (χ0) is 18.0. The van der Waals surface area contributed by atoms with Gasteiger partial charge in [0.2, 0.25) is 0 Å². The normalized spacial score (nSPS) is 16.6. The molecule has 0 fully saturated rings. The number of phenolic OH excluding ortho intramolecular Hbond substituents is 2. The van der Waals surface area contributed by atoms with Gasteiger partial charge >= 0.3 is 0 Å². The molecule has 1 aliphatic rings. The molecule has 1 heterocycles. The van der Waals surface area contributed by atoms with Gasteiger partial charge in [0, 0.05) is 13.1 Å². The zero-order valence-corrected chi connectivity index (χ0v) is 15.4. The van der Waals surface area contributed by atoms with E-state index in [9.17, 15) is 10.2 Å². The van der Waals surface area contributed by atoms with Gasteiger partial charge in [0.15, 0.2) is 16.6 Å². The van der Waals surface area contributed by atoms with Gasteiger partial charge in [-0.05, 0) is 53.4 Å². The van der Waals surface area contributed by atoms with Crippen molar-refractivity contribution in [2.75, 3.05) is 6.54 Å². The molecule has 3 rings (SSSR count). The standard InChI is InChI=1S/C20H24N2O2S/c1-13(2)19-16-11-18(24)17(23)10-15(16)8-9-22(19)20(25)21-12-14-6-4-3-5-7-14/h3-7,10-11,13,19,23-24H,8-9,12H2,1-2H3,(H,21,25). The first-order chi connectivity index (χ1) is 12.0. The van der Waals surface area contributed by atoms with Gasteiger partial charge in [0.25, 0.3) is 0 Å². The Morgan fingerprint density at radius 1 is 1.20 bits per heavy atom. The minimum atomic E-state index is -0.0746. The molecular formula is C20H24N2O2S. The lowest BCUT2D eigenvalue weighted by molar-refractivity contribution is 0.233. The summed E-state index contributed by atoms with van der Waals surface area (Å²) in [5.74, 6) is 0.188. The van der Waals surface area contributed by atoms with E-state index in [2.05, 4.69) is 36.2 Å². The molecular weight excluding hydrogens is 332 g/mol. The molecule has 0 bridgehead atoms. The Bertz CT molecular complexity index is 762. The summed E-state index contributed by atoms with van der Waals surface area (Å²) in [6.07, 6.45) is 0.791. The van der Waals surface area contributed by atoms with E-state index < -0.39 is 0 Å². The van der Waals surface area contributed by atoms with Crippen LogP contribution in [0.25, 0.3) is 0 Å². The number of fused-ring (bicyclic) bond motifs is 1. The van der Waals surface area contributed by atoms with Gasteiger partial charge in [-0.3, -0.25) is 0 Å². The highest BCUT2D eigenvalue weighted by Crippen LogP contribution is 2.40. The van der Waals surface area contributed by atoms with Gasteiger partial charge in [0.1, 0.15) is 0 Å². The average molecular weight is 356 g/mol. The Labute approximate surface area is 154 Å². The second-order valence-electron chi connectivity index (χ2n) is 6.82. The van der Waals surface area contributed by atoms with Crippen LogP contribution in [0.5, 0.6) is 11.5 Å². The van der Waals surface area contributed by atoms with E-state index >= 15 is 0 Å². The van der Waals surface area contributed by atoms with Crippen molar-refractivity contribution >= 4 is 17.3 Å². The summed E-state index contributed by atoms with van der Waals surface area (Å²) in [6, 6.07) is 13.6. The minimum Gasteiger partial charge on any atom is -0.504 e. The van der Waals surface area contributed by atoms with Crippen molar-refractivity contribution < 1.29 is 10.2 Å². The second-order valence-corrected chi connectivity index (χ2v) is 7.20. The third kappa shape index (κ3) is 3.71. The molecule has 1 aliphatic heterocycles. The number of nitrogens with one attached hydrogen (secondary N) is 1. The number of phenols is 2. The number of thiocarbonyl (C=S) groups is 1. The van der Waals surface area contributed by atoms with Crippen LogP contribution >= 0.6 is 12.2 Å². The highest BCUT2D eigenvalue weighted by molar-refractivity contribution is 7.80. The van der Waals surface area contributed by atoms with Gasteiger partial charge in [0.05, 0.1) is 6.04 Å². The molecule has 1 unspecified atom stereocenters. The predicted molar refractivity (Wildman–Crippen MR) is 104 cm³/mol. The van der Waals surface area contributed by atoms with Gasteiger partial charge < -0.3 is 20.4 Å². The summed E-state index contributed by atoms with van der Waals surface area (Å²) in [4.78, 5) is 2.20. The van der Waals surface area contributed by atoms with Crippen LogP contribution in [0.2, 0.25) is 0 Å². The maximum absolute atomic E-state index is 9.93. The maximum Gasteiger partial charge on any atom is 0.169 e. The molecule has 0 amide bonds. The van der Waals surface area contributed by atoms with E-state index in [0.29, 0.717) is 12.5 Å². The van der Waals surface area contributed by atoms with Crippen molar-refractivity contribution in [2.24, 2.45) is 5.92 Å². The third-order valence-electron chi connectivity index (χ3n) is 4.69. The van der Waals surface area contributed by atoms with Gasteiger partial charge in [-0.15, -0.1) is 0 Å². The van der Waals surface area contributed by atoms with Crippen LogP contribution in [0.1, 0.15) is 36.6 Å². The summed E-state index contributed by atoms with van der Waals surface area (Å²) < 4.78 is 0. The SMILES string of the molecule is CC(C)C1c2cc(O)c(O)cc2CCN1C(=S)NCc1ccccc1. The number of benzene rings is 2. The smallest absolute Gasteiger partial charge is 0.169 e. The largest absolute Gasteiger partial charge is 0.504 e. The van der Waals surface area contributed by atoms with Crippen molar-refractivity contribution in [1.82, 2.24) is 10.2 Å². The molecule has 25 heavy (non-hydrogen) atoms. The van der Waals surface area contributed by atoms with Crippen molar-refractivity contribution in [3.05, 3.63) is 59.2 Å². The van der Waals surface area contributed by atoms with E-state index in [1.807, 2.05) is 18.2 Å². The molecule has 0 saturated heterocycles. The van der Waals surface area contributed by atoms with Crippen molar-refractivity contribution in [3.63, 3.8) is 0 Å². The molecule has 3 N–H and O–H groups in total. The number of hydrogen-bond donors (Lipinski definition) is 3.